The normalized spacial score (nSPS) is 11.5. The van der Waals surface area contributed by atoms with Crippen molar-refractivity contribution in [2.45, 2.75) is 39.8 Å². The number of nitrogens with one attached hydrogen (secondary N) is 2. The molecule has 2 rings (SSSR count). The monoisotopic (exact) mass is 548 g/mol. The molecule has 0 radical (unpaired) electrons. The number of anilines is 2. The number of carbonyl (C=O) groups excluding carboxylic acids is 1. The number of hydroxylamine groups is 1. The van der Waals surface area contributed by atoms with Crippen LogP contribution in [-0.4, -0.2) is 33.9 Å². The molecule has 0 fully saturated rings. The number of ether oxygens (including phenoxy) is 1. The van der Waals surface area contributed by atoms with Crippen LogP contribution in [0.4, 0.5) is 15.9 Å². The molecule has 1 amide bonds. The quantitative estimate of drug-likeness (QED) is 0.299. The Bertz CT molecular complexity index is 1070. The van der Waals surface area contributed by atoms with E-state index in [2.05, 4.69) is 10.8 Å². The number of hydrogen-bond donors (Lipinski definition) is 2. The first kappa shape index (κ1) is 25.0. The van der Waals surface area contributed by atoms with Crippen molar-refractivity contribution in [1.29, 1.82) is 0 Å². The minimum absolute atomic E-state index is 0.0174. The van der Waals surface area contributed by atoms with E-state index in [1.165, 1.54) is 23.7 Å². The number of carbonyl (C=O) groups is 1. The van der Waals surface area contributed by atoms with Gasteiger partial charge in [0.1, 0.15) is 17.2 Å². The summed E-state index contributed by atoms with van der Waals surface area (Å²) >= 11 is 1.96. The predicted molar refractivity (Wildman–Crippen MR) is 123 cm³/mol. The molecule has 1 heterocycles. The third kappa shape index (κ3) is 6.37. The lowest BCUT2D eigenvalue weighted by Gasteiger charge is -2.20. The summed E-state index contributed by atoms with van der Waals surface area (Å²) in [5, 5.41) is 2.73. The second-order valence-corrected chi connectivity index (χ2v) is 8.85. The van der Waals surface area contributed by atoms with Gasteiger partial charge in [-0.25, -0.2) is 14.7 Å². The first-order valence-corrected chi connectivity index (χ1v) is 10.7. The molecule has 0 saturated carbocycles. The minimum atomic E-state index is -0.869. The van der Waals surface area contributed by atoms with Gasteiger partial charge in [0.15, 0.2) is 0 Å². The van der Waals surface area contributed by atoms with Crippen molar-refractivity contribution in [3.05, 3.63) is 54.0 Å². The molecular weight excluding hydrogens is 522 g/mol. The van der Waals surface area contributed by atoms with Crippen LogP contribution in [0.25, 0.3) is 0 Å². The second kappa shape index (κ2) is 10.4. The summed E-state index contributed by atoms with van der Waals surface area (Å²) in [5.41, 5.74) is -0.0135. The molecule has 2 N–H and O–H groups in total. The summed E-state index contributed by atoms with van der Waals surface area (Å²) in [7, 11) is 1.26. The van der Waals surface area contributed by atoms with Gasteiger partial charge in [0.2, 0.25) is 0 Å². The van der Waals surface area contributed by atoms with Crippen molar-refractivity contribution in [2.75, 3.05) is 18.5 Å². The first-order chi connectivity index (χ1) is 14.5. The van der Waals surface area contributed by atoms with E-state index < -0.39 is 23.0 Å². The number of hydrogen-bond acceptors (Lipinski definition) is 6. The molecular formula is C20H26FIN4O5. The molecule has 0 aliphatic heterocycles. The maximum absolute atomic E-state index is 14.4. The summed E-state index contributed by atoms with van der Waals surface area (Å²) in [6.45, 7) is 7.71. The maximum atomic E-state index is 14.4. The van der Waals surface area contributed by atoms with Crippen molar-refractivity contribution in [2.24, 2.45) is 7.05 Å². The van der Waals surface area contributed by atoms with Crippen molar-refractivity contribution in [3.8, 4) is 0 Å². The Balaban J connectivity index is 2.39. The van der Waals surface area contributed by atoms with Crippen LogP contribution in [0.15, 0.2) is 27.8 Å². The molecule has 170 valence electrons. The minimum Gasteiger partial charge on any atom is -0.373 e. The lowest BCUT2D eigenvalue weighted by atomic mass is 10.2. The Morgan fingerprint density at radius 3 is 2.48 bits per heavy atom. The highest BCUT2D eigenvalue weighted by Gasteiger charge is 2.24. The van der Waals surface area contributed by atoms with Gasteiger partial charge in [-0.15, -0.1) is 0 Å². The van der Waals surface area contributed by atoms with Crippen molar-refractivity contribution >= 4 is 40.0 Å². The molecule has 11 heteroatoms. The highest BCUT2D eigenvalue weighted by atomic mass is 127. The number of aromatic nitrogens is 2. The number of benzene rings is 1. The molecule has 0 unspecified atom stereocenters. The zero-order valence-electron chi connectivity index (χ0n) is 18.0. The molecule has 1 aromatic carbocycles. The molecule has 0 aliphatic rings. The van der Waals surface area contributed by atoms with E-state index in [9.17, 15) is 18.8 Å². The van der Waals surface area contributed by atoms with Crippen LogP contribution in [0, 0.1) is 9.39 Å². The standard InChI is InChI=1S/C20H26FIN4O5/c1-6-26-16(23-14-8-7-12(22)11-13(14)21)15(18(28)25(5)19(26)29)17(27)24-31-10-9-30-20(2,3)4/h7-8,11,23H,6,9-10H2,1-5H3,(H,24,27). The molecule has 9 nitrogen and oxygen atoms in total. The summed E-state index contributed by atoms with van der Waals surface area (Å²) in [4.78, 5) is 43.2. The summed E-state index contributed by atoms with van der Waals surface area (Å²) in [6, 6.07) is 4.40. The van der Waals surface area contributed by atoms with Gasteiger partial charge in [0.25, 0.3) is 11.5 Å². The SMILES string of the molecule is CCn1c(Nc2ccc(I)cc2F)c(C(=O)NOCCOC(C)(C)C)c(=O)n(C)c1=O. The zero-order chi connectivity index (χ0) is 23.3. The van der Waals surface area contributed by atoms with Gasteiger partial charge < -0.3 is 10.1 Å². The van der Waals surface area contributed by atoms with Crippen LogP contribution in [0.3, 0.4) is 0 Å². The lowest BCUT2D eigenvalue weighted by molar-refractivity contribution is -0.0511. The fourth-order valence-electron chi connectivity index (χ4n) is 2.67. The van der Waals surface area contributed by atoms with Crippen LogP contribution < -0.4 is 22.0 Å². The number of amides is 1. The third-order valence-electron chi connectivity index (χ3n) is 4.16. The number of rotatable bonds is 8. The fraction of sp³-hybridized carbons (Fsp3) is 0.450. The third-order valence-corrected chi connectivity index (χ3v) is 4.83. The van der Waals surface area contributed by atoms with E-state index in [1.807, 2.05) is 43.4 Å². The number of nitrogens with zero attached hydrogens (tertiary/aromatic N) is 2. The summed E-state index contributed by atoms with van der Waals surface area (Å²) < 4.78 is 22.5. The predicted octanol–water partition coefficient (Wildman–Crippen LogP) is 2.53. The van der Waals surface area contributed by atoms with Gasteiger partial charge >= 0.3 is 5.69 Å². The van der Waals surface area contributed by atoms with Crippen LogP contribution in [0.5, 0.6) is 0 Å². The van der Waals surface area contributed by atoms with Crippen LogP contribution >= 0.6 is 22.6 Å². The Labute approximate surface area is 192 Å². The van der Waals surface area contributed by atoms with Gasteiger partial charge in [-0.1, -0.05) is 0 Å². The van der Waals surface area contributed by atoms with E-state index in [-0.39, 0.29) is 42.4 Å². The molecule has 0 saturated heterocycles. The van der Waals surface area contributed by atoms with E-state index >= 15 is 0 Å². The van der Waals surface area contributed by atoms with Gasteiger partial charge in [0.05, 0.1) is 24.5 Å². The van der Waals surface area contributed by atoms with E-state index in [1.54, 1.807) is 13.0 Å². The van der Waals surface area contributed by atoms with E-state index in [0.29, 0.717) is 3.57 Å². The molecule has 0 spiro atoms. The average Bonchev–Trinajstić information content (AvgIpc) is 2.67. The Kier molecular flexibility index (Phi) is 8.37. The molecule has 31 heavy (non-hydrogen) atoms. The molecule has 0 bridgehead atoms. The highest BCUT2D eigenvalue weighted by Crippen LogP contribution is 2.22. The van der Waals surface area contributed by atoms with Crippen molar-refractivity contribution in [1.82, 2.24) is 14.6 Å². The van der Waals surface area contributed by atoms with Gasteiger partial charge in [0, 0.05) is 17.2 Å². The van der Waals surface area contributed by atoms with Crippen LogP contribution in [0.2, 0.25) is 0 Å². The zero-order valence-corrected chi connectivity index (χ0v) is 20.2. The van der Waals surface area contributed by atoms with Crippen LogP contribution in [0.1, 0.15) is 38.1 Å². The first-order valence-electron chi connectivity index (χ1n) is 9.58. The Morgan fingerprint density at radius 1 is 1.23 bits per heavy atom. The van der Waals surface area contributed by atoms with Crippen LogP contribution in [-0.2, 0) is 23.2 Å². The van der Waals surface area contributed by atoms with Gasteiger partial charge in [-0.05, 0) is 68.5 Å². The van der Waals surface area contributed by atoms with Gasteiger partial charge in [-0.3, -0.25) is 23.6 Å². The molecule has 1 aromatic heterocycles. The average molecular weight is 548 g/mol. The van der Waals surface area contributed by atoms with Crippen molar-refractivity contribution in [3.63, 3.8) is 0 Å². The van der Waals surface area contributed by atoms with E-state index in [4.69, 9.17) is 9.57 Å². The Hall–Kier alpha value is -2.25. The van der Waals surface area contributed by atoms with E-state index in [0.717, 1.165) is 4.57 Å². The molecule has 0 aliphatic carbocycles. The largest absolute Gasteiger partial charge is 0.373 e. The summed E-state index contributed by atoms with van der Waals surface area (Å²) in [6.07, 6.45) is 0. The number of halogens is 2. The second-order valence-electron chi connectivity index (χ2n) is 7.60. The Morgan fingerprint density at radius 2 is 1.90 bits per heavy atom. The topological polar surface area (TPSA) is 104 Å². The smallest absolute Gasteiger partial charge is 0.332 e. The summed E-state index contributed by atoms with van der Waals surface area (Å²) in [5.74, 6) is -1.58. The molecule has 0 atom stereocenters. The maximum Gasteiger partial charge on any atom is 0.332 e. The van der Waals surface area contributed by atoms with Gasteiger partial charge in [-0.2, -0.15) is 0 Å². The fourth-order valence-corrected chi connectivity index (χ4v) is 3.12. The lowest BCUT2D eigenvalue weighted by Crippen LogP contribution is -2.44. The molecule has 2 aromatic rings. The highest BCUT2D eigenvalue weighted by molar-refractivity contribution is 14.1. The van der Waals surface area contributed by atoms with Crippen molar-refractivity contribution < 1.29 is 18.8 Å².